The molecule has 1 unspecified atom stereocenters. The molecule has 1 atom stereocenters. The fourth-order valence-electron chi connectivity index (χ4n) is 3.69. The number of hydrogen-bond donors (Lipinski definition) is 0. The van der Waals surface area contributed by atoms with Crippen LogP contribution >= 0.6 is 11.3 Å². The molecule has 1 aliphatic rings. The van der Waals surface area contributed by atoms with E-state index >= 15 is 0 Å². The summed E-state index contributed by atoms with van der Waals surface area (Å²) in [4.78, 5) is 21.6. The Bertz CT molecular complexity index is 981. The molecule has 4 rings (SSSR count). The zero-order valence-electron chi connectivity index (χ0n) is 16.6. The summed E-state index contributed by atoms with van der Waals surface area (Å²) in [5.74, 6) is -0.215. The van der Waals surface area contributed by atoms with Crippen molar-refractivity contribution >= 4 is 27.5 Å². The predicted molar refractivity (Wildman–Crippen MR) is 113 cm³/mol. The third-order valence-corrected chi connectivity index (χ3v) is 6.66. The maximum atomic E-state index is 13.9. The van der Waals surface area contributed by atoms with Crippen LogP contribution in [0.25, 0.3) is 10.2 Å². The van der Waals surface area contributed by atoms with E-state index in [0.717, 1.165) is 23.6 Å². The maximum absolute atomic E-state index is 13.9. The summed E-state index contributed by atoms with van der Waals surface area (Å²) in [5, 5.41) is 1.11. The number of thiazole rings is 1. The second-order valence-electron chi connectivity index (χ2n) is 7.26. The predicted octanol–water partition coefficient (Wildman–Crippen LogP) is 3.89. The lowest BCUT2D eigenvalue weighted by molar-refractivity contribution is -0.132. The Morgan fingerprint density at radius 3 is 2.66 bits per heavy atom. The van der Waals surface area contributed by atoms with Crippen LogP contribution in [0, 0.1) is 5.82 Å². The first-order chi connectivity index (χ1) is 14.0. The number of methoxy groups -OCH3 is 1. The van der Waals surface area contributed by atoms with Crippen molar-refractivity contribution in [2.75, 3.05) is 33.3 Å². The van der Waals surface area contributed by atoms with Gasteiger partial charge in [0.1, 0.15) is 5.01 Å². The number of ether oxygens (including phenoxy) is 1. The molecule has 152 valence electrons. The highest BCUT2D eigenvalue weighted by atomic mass is 32.1. The molecule has 1 fully saturated rings. The SMILES string of the molecule is COc1ccc(CC(=O)N2CCN(C(C)c3nc4ccccc4s3)CC2)cc1F. The number of halogens is 1. The topological polar surface area (TPSA) is 45.7 Å². The number of hydrogen-bond acceptors (Lipinski definition) is 5. The lowest BCUT2D eigenvalue weighted by Gasteiger charge is -2.37. The van der Waals surface area contributed by atoms with Crippen LogP contribution in [0.4, 0.5) is 4.39 Å². The lowest BCUT2D eigenvalue weighted by Crippen LogP contribution is -2.49. The van der Waals surface area contributed by atoms with Crippen LogP contribution in [0.2, 0.25) is 0 Å². The highest BCUT2D eigenvalue weighted by molar-refractivity contribution is 7.18. The van der Waals surface area contributed by atoms with E-state index in [0.29, 0.717) is 18.7 Å². The Labute approximate surface area is 173 Å². The number of carbonyl (C=O) groups is 1. The van der Waals surface area contributed by atoms with Crippen molar-refractivity contribution in [3.05, 3.63) is 58.9 Å². The summed E-state index contributed by atoms with van der Waals surface area (Å²) in [6.07, 6.45) is 0.203. The van der Waals surface area contributed by atoms with Crippen molar-refractivity contribution in [3.8, 4) is 5.75 Å². The molecule has 29 heavy (non-hydrogen) atoms. The number of aromatic nitrogens is 1. The molecule has 7 heteroatoms. The lowest BCUT2D eigenvalue weighted by atomic mass is 10.1. The van der Waals surface area contributed by atoms with Gasteiger partial charge in [-0.05, 0) is 36.8 Å². The van der Waals surface area contributed by atoms with Gasteiger partial charge in [-0.25, -0.2) is 9.37 Å². The van der Waals surface area contributed by atoms with Crippen molar-refractivity contribution in [2.45, 2.75) is 19.4 Å². The summed E-state index contributed by atoms with van der Waals surface area (Å²) in [7, 11) is 1.43. The van der Waals surface area contributed by atoms with Crippen molar-refractivity contribution < 1.29 is 13.9 Å². The number of carbonyl (C=O) groups excluding carboxylic acids is 1. The number of nitrogens with zero attached hydrogens (tertiary/aromatic N) is 3. The van der Waals surface area contributed by atoms with Crippen molar-refractivity contribution in [1.82, 2.24) is 14.8 Å². The van der Waals surface area contributed by atoms with Crippen LogP contribution in [0.1, 0.15) is 23.5 Å². The number of amides is 1. The van der Waals surface area contributed by atoms with Crippen LogP contribution in [0.3, 0.4) is 0 Å². The Morgan fingerprint density at radius 2 is 1.97 bits per heavy atom. The molecule has 0 spiro atoms. The van der Waals surface area contributed by atoms with Gasteiger partial charge < -0.3 is 9.64 Å². The number of piperazine rings is 1. The van der Waals surface area contributed by atoms with Crippen molar-refractivity contribution in [3.63, 3.8) is 0 Å². The van der Waals surface area contributed by atoms with E-state index in [9.17, 15) is 9.18 Å². The van der Waals surface area contributed by atoms with Gasteiger partial charge in [-0.3, -0.25) is 9.69 Å². The molecule has 3 aromatic rings. The van der Waals surface area contributed by atoms with Crippen LogP contribution in [-0.4, -0.2) is 54.0 Å². The molecule has 2 heterocycles. The van der Waals surface area contributed by atoms with E-state index in [1.165, 1.54) is 17.9 Å². The van der Waals surface area contributed by atoms with Gasteiger partial charge in [0.15, 0.2) is 11.6 Å². The minimum atomic E-state index is -0.438. The van der Waals surface area contributed by atoms with Gasteiger partial charge in [-0.15, -0.1) is 11.3 Å². The summed E-state index contributed by atoms with van der Waals surface area (Å²) in [6, 6.07) is 13.1. The number of benzene rings is 2. The number of fused-ring (bicyclic) bond motifs is 1. The summed E-state index contributed by atoms with van der Waals surface area (Å²) >= 11 is 1.73. The van der Waals surface area contributed by atoms with E-state index in [1.807, 2.05) is 23.1 Å². The molecule has 0 N–H and O–H groups in total. The normalized spacial score (nSPS) is 16.2. The van der Waals surface area contributed by atoms with Gasteiger partial charge in [-0.1, -0.05) is 18.2 Å². The van der Waals surface area contributed by atoms with Crippen molar-refractivity contribution in [2.24, 2.45) is 0 Å². The Morgan fingerprint density at radius 1 is 1.21 bits per heavy atom. The minimum absolute atomic E-state index is 0.0295. The monoisotopic (exact) mass is 413 g/mol. The quantitative estimate of drug-likeness (QED) is 0.637. The smallest absolute Gasteiger partial charge is 0.227 e. The second kappa shape index (κ2) is 8.47. The molecule has 1 aliphatic heterocycles. The van der Waals surface area contributed by atoms with Gasteiger partial charge in [0.25, 0.3) is 0 Å². The van der Waals surface area contributed by atoms with Crippen LogP contribution in [0.15, 0.2) is 42.5 Å². The molecular weight excluding hydrogens is 389 g/mol. The van der Waals surface area contributed by atoms with Crippen LogP contribution in [-0.2, 0) is 11.2 Å². The third-order valence-electron chi connectivity index (χ3n) is 5.45. The standard InChI is InChI=1S/C22H24FN3O2S/c1-15(22-24-18-5-3-4-6-20(18)29-22)25-9-11-26(12-10-25)21(27)14-16-7-8-19(28-2)17(23)13-16/h3-8,13,15H,9-12,14H2,1-2H3. The van der Waals surface area contributed by atoms with Gasteiger partial charge in [0.05, 0.1) is 29.8 Å². The third kappa shape index (κ3) is 4.26. The van der Waals surface area contributed by atoms with E-state index in [2.05, 4.69) is 17.9 Å². The largest absolute Gasteiger partial charge is 0.494 e. The first kappa shape index (κ1) is 19.8. The van der Waals surface area contributed by atoms with Crippen molar-refractivity contribution in [1.29, 1.82) is 0 Å². The van der Waals surface area contributed by atoms with E-state index < -0.39 is 5.82 Å². The molecule has 0 radical (unpaired) electrons. The minimum Gasteiger partial charge on any atom is -0.494 e. The Kier molecular flexibility index (Phi) is 5.78. The second-order valence-corrected chi connectivity index (χ2v) is 8.32. The van der Waals surface area contributed by atoms with Gasteiger partial charge in [0.2, 0.25) is 5.91 Å². The van der Waals surface area contributed by atoms with Gasteiger partial charge in [0, 0.05) is 26.2 Å². The zero-order chi connectivity index (χ0) is 20.4. The molecule has 0 bridgehead atoms. The van der Waals surface area contributed by atoms with E-state index in [-0.39, 0.29) is 24.1 Å². The highest BCUT2D eigenvalue weighted by Crippen LogP contribution is 2.30. The maximum Gasteiger partial charge on any atom is 0.227 e. The number of rotatable bonds is 5. The fraction of sp³-hybridized carbons (Fsp3) is 0.364. The molecule has 2 aromatic carbocycles. The van der Waals surface area contributed by atoms with Crippen LogP contribution < -0.4 is 4.74 Å². The first-order valence-corrected chi connectivity index (χ1v) is 10.6. The first-order valence-electron chi connectivity index (χ1n) is 9.75. The molecular formula is C22H24FN3O2S. The zero-order valence-corrected chi connectivity index (χ0v) is 17.4. The molecule has 1 aromatic heterocycles. The molecule has 1 saturated heterocycles. The Balaban J connectivity index is 1.34. The van der Waals surface area contributed by atoms with Crippen LogP contribution in [0.5, 0.6) is 5.75 Å². The van der Waals surface area contributed by atoms with Gasteiger partial charge in [-0.2, -0.15) is 0 Å². The Hall–Kier alpha value is -2.51. The fourth-order valence-corrected chi connectivity index (χ4v) is 4.74. The summed E-state index contributed by atoms with van der Waals surface area (Å²) < 4.78 is 20.0. The molecule has 5 nitrogen and oxygen atoms in total. The average molecular weight is 414 g/mol. The van der Waals surface area contributed by atoms with E-state index in [1.54, 1.807) is 23.5 Å². The van der Waals surface area contributed by atoms with E-state index in [4.69, 9.17) is 9.72 Å². The molecule has 1 amide bonds. The average Bonchev–Trinajstić information content (AvgIpc) is 3.18. The summed E-state index contributed by atoms with van der Waals surface area (Å²) in [5.41, 5.74) is 1.71. The van der Waals surface area contributed by atoms with Gasteiger partial charge >= 0.3 is 0 Å². The highest BCUT2D eigenvalue weighted by Gasteiger charge is 2.26. The molecule has 0 saturated carbocycles. The molecule has 0 aliphatic carbocycles. The summed E-state index contributed by atoms with van der Waals surface area (Å²) in [6.45, 7) is 5.13. The number of para-hydroxylation sites is 1.